The van der Waals surface area contributed by atoms with Crippen LogP contribution in [0.1, 0.15) is 76.6 Å². The second kappa shape index (κ2) is 8.49. The molecular formula is C16H30N4O. The minimum Gasteiger partial charge on any atom is -0.339 e. The summed E-state index contributed by atoms with van der Waals surface area (Å²) in [5.41, 5.74) is 0. The number of hydrogen-bond acceptors (Lipinski definition) is 5. The third-order valence-corrected chi connectivity index (χ3v) is 4.36. The third kappa shape index (κ3) is 4.27. The van der Waals surface area contributed by atoms with Gasteiger partial charge in [0.1, 0.15) is 0 Å². The topological polar surface area (TPSA) is 54.2 Å². The second-order valence-electron chi connectivity index (χ2n) is 5.98. The lowest BCUT2D eigenvalue weighted by Crippen LogP contribution is -2.45. The maximum Gasteiger partial charge on any atom is 0.229 e. The Labute approximate surface area is 128 Å². The highest BCUT2D eigenvalue weighted by Gasteiger charge is 2.26. The van der Waals surface area contributed by atoms with Crippen LogP contribution in [0.3, 0.4) is 0 Å². The van der Waals surface area contributed by atoms with Gasteiger partial charge in [-0.25, -0.2) is 0 Å². The molecule has 1 aliphatic rings. The summed E-state index contributed by atoms with van der Waals surface area (Å²) < 4.78 is 5.60. The van der Waals surface area contributed by atoms with Crippen LogP contribution in [0.25, 0.3) is 0 Å². The predicted octanol–water partition coefficient (Wildman–Crippen LogP) is 3.11. The Bertz CT molecular complexity index is 395. The van der Waals surface area contributed by atoms with Gasteiger partial charge in [-0.15, -0.1) is 0 Å². The van der Waals surface area contributed by atoms with Gasteiger partial charge in [0, 0.05) is 32.1 Å². The molecule has 1 aromatic rings. The molecule has 1 fully saturated rings. The Balaban J connectivity index is 2.08. The molecule has 0 aromatic carbocycles. The molecule has 5 heteroatoms. The van der Waals surface area contributed by atoms with Crippen molar-refractivity contribution >= 4 is 0 Å². The molecule has 0 saturated carbocycles. The van der Waals surface area contributed by atoms with Gasteiger partial charge in [0.25, 0.3) is 0 Å². The molecule has 0 bridgehead atoms. The van der Waals surface area contributed by atoms with Crippen molar-refractivity contribution in [2.75, 3.05) is 26.2 Å². The van der Waals surface area contributed by atoms with Gasteiger partial charge in [0.05, 0.1) is 6.04 Å². The van der Waals surface area contributed by atoms with E-state index in [2.05, 4.69) is 36.1 Å². The summed E-state index contributed by atoms with van der Waals surface area (Å²) in [6.07, 6.45) is 5.64. The van der Waals surface area contributed by atoms with E-state index in [1.54, 1.807) is 0 Å². The minimum atomic E-state index is 0.300. The molecule has 120 valence electrons. The first-order valence-corrected chi connectivity index (χ1v) is 8.58. The number of aromatic nitrogens is 2. The number of hydrogen-bond donors (Lipinski definition) is 1. The van der Waals surface area contributed by atoms with E-state index < -0.39 is 0 Å². The fraction of sp³-hybridized carbons (Fsp3) is 0.875. The lowest BCUT2D eigenvalue weighted by atomic mass is 9.98. The van der Waals surface area contributed by atoms with E-state index in [4.69, 9.17) is 9.51 Å². The first kappa shape index (κ1) is 16.4. The second-order valence-corrected chi connectivity index (χ2v) is 5.98. The highest BCUT2D eigenvalue weighted by molar-refractivity contribution is 4.99. The smallest absolute Gasteiger partial charge is 0.229 e. The van der Waals surface area contributed by atoms with Crippen molar-refractivity contribution in [2.24, 2.45) is 0 Å². The van der Waals surface area contributed by atoms with Crippen LogP contribution in [0.15, 0.2) is 4.52 Å². The largest absolute Gasteiger partial charge is 0.339 e. The fourth-order valence-corrected chi connectivity index (χ4v) is 3.23. The SMILES string of the molecule is CCCC(CCC)c1nc(C(CC)N2CCNCC2)no1. The van der Waals surface area contributed by atoms with Crippen molar-refractivity contribution in [3.8, 4) is 0 Å². The van der Waals surface area contributed by atoms with Crippen LogP contribution >= 0.6 is 0 Å². The van der Waals surface area contributed by atoms with Gasteiger partial charge in [-0.05, 0) is 19.3 Å². The van der Waals surface area contributed by atoms with E-state index in [0.717, 1.165) is 70.0 Å². The number of nitrogens with zero attached hydrogens (tertiary/aromatic N) is 3. The van der Waals surface area contributed by atoms with Crippen molar-refractivity contribution in [1.82, 2.24) is 20.4 Å². The van der Waals surface area contributed by atoms with Crippen LogP contribution in [0, 0.1) is 0 Å². The summed E-state index contributed by atoms with van der Waals surface area (Å²) in [6, 6.07) is 0.300. The summed E-state index contributed by atoms with van der Waals surface area (Å²) in [5.74, 6) is 2.16. The van der Waals surface area contributed by atoms with Crippen LogP contribution in [0.2, 0.25) is 0 Å². The summed E-state index contributed by atoms with van der Waals surface area (Å²) in [7, 11) is 0. The van der Waals surface area contributed by atoms with Crippen LogP contribution in [-0.2, 0) is 0 Å². The zero-order valence-electron chi connectivity index (χ0n) is 13.8. The summed E-state index contributed by atoms with van der Waals surface area (Å²) in [6.45, 7) is 10.9. The van der Waals surface area contributed by atoms with Gasteiger partial charge >= 0.3 is 0 Å². The molecule has 21 heavy (non-hydrogen) atoms. The average molecular weight is 294 g/mol. The third-order valence-electron chi connectivity index (χ3n) is 4.36. The molecule has 1 unspecified atom stereocenters. The lowest BCUT2D eigenvalue weighted by Gasteiger charge is -2.32. The molecule has 1 aliphatic heterocycles. The molecule has 0 amide bonds. The summed E-state index contributed by atoms with van der Waals surface area (Å²) >= 11 is 0. The highest BCUT2D eigenvalue weighted by Crippen LogP contribution is 2.28. The Morgan fingerprint density at radius 3 is 2.38 bits per heavy atom. The molecule has 0 radical (unpaired) electrons. The monoisotopic (exact) mass is 294 g/mol. The van der Waals surface area contributed by atoms with Crippen LogP contribution in [-0.4, -0.2) is 41.2 Å². The van der Waals surface area contributed by atoms with Gasteiger partial charge in [-0.1, -0.05) is 38.8 Å². The van der Waals surface area contributed by atoms with Crippen molar-refractivity contribution in [3.05, 3.63) is 11.7 Å². The van der Waals surface area contributed by atoms with E-state index in [0.29, 0.717) is 12.0 Å². The molecule has 1 saturated heterocycles. The molecular weight excluding hydrogens is 264 g/mol. The van der Waals surface area contributed by atoms with Crippen molar-refractivity contribution in [1.29, 1.82) is 0 Å². The number of piperazine rings is 1. The number of nitrogens with one attached hydrogen (secondary N) is 1. The Hall–Kier alpha value is -0.940. The molecule has 1 atom stereocenters. The van der Waals surface area contributed by atoms with Crippen molar-refractivity contribution < 1.29 is 4.52 Å². The maximum atomic E-state index is 5.60. The quantitative estimate of drug-likeness (QED) is 0.798. The zero-order valence-corrected chi connectivity index (χ0v) is 13.8. The lowest BCUT2D eigenvalue weighted by molar-refractivity contribution is 0.160. The van der Waals surface area contributed by atoms with Gasteiger partial charge in [0.2, 0.25) is 5.89 Å². The molecule has 2 heterocycles. The van der Waals surface area contributed by atoms with E-state index in [1.165, 1.54) is 0 Å². The van der Waals surface area contributed by atoms with Gasteiger partial charge < -0.3 is 9.84 Å². The van der Waals surface area contributed by atoms with Gasteiger partial charge in [0.15, 0.2) is 5.82 Å². The molecule has 5 nitrogen and oxygen atoms in total. The standard InChI is InChI=1S/C16H30N4O/c1-4-7-13(8-5-2)16-18-15(19-21-16)14(6-3)20-11-9-17-10-12-20/h13-14,17H,4-12H2,1-3H3. The highest BCUT2D eigenvalue weighted by atomic mass is 16.5. The minimum absolute atomic E-state index is 0.300. The first-order valence-electron chi connectivity index (χ1n) is 8.58. The Morgan fingerprint density at radius 1 is 1.14 bits per heavy atom. The van der Waals surface area contributed by atoms with Crippen LogP contribution in [0.5, 0.6) is 0 Å². The summed E-state index contributed by atoms with van der Waals surface area (Å²) in [4.78, 5) is 7.23. The van der Waals surface area contributed by atoms with E-state index in [1.807, 2.05) is 0 Å². The van der Waals surface area contributed by atoms with Gasteiger partial charge in [-0.2, -0.15) is 4.98 Å². The van der Waals surface area contributed by atoms with Crippen molar-refractivity contribution in [3.63, 3.8) is 0 Å². The van der Waals surface area contributed by atoms with E-state index in [9.17, 15) is 0 Å². The molecule has 2 rings (SSSR count). The molecule has 1 N–H and O–H groups in total. The van der Waals surface area contributed by atoms with Gasteiger partial charge in [-0.3, -0.25) is 4.90 Å². The first-order chi connectivity index (χ1) is 10.3. The van der Waals surface area contributed by atoms with E-state index >= 15 is 0 Å². The van der Waals surface area contributed by atoms with Crippen molar-refractivity contribution in [2.45, 2.75) is 64.8 Å². The fourth-order valence-electron chi connectivity index (χ4n) is 3.23. The van der Waals surface area contributed by atoms with Crippen LogP contribution in [0.4, 0.5) is 0 Å². The zero-order chi connectivity index (χ0) is 15.1. The average Bonchev–Trinajstić information content (AvgIpc) is 2.98. The maximum absolute atomic E-state index is 5.60. The molecule has 0 aliphatic carbocycles. The molecule has 0 spiro atoms. The number of rotatable bonds is 8. The normalized spacial score (nSPS) is 18.3. The van der Waals surface area contributed by atoms with E-state index in [-0.39, 0.29) is 0 Å². The van der Waals surface area contributed by atoms with Crippen LogP contribution < -0.4 is 5.32 Å². The Morgan fingerprint density at radius 2 is 1.81 bits per heavy atom. The Kier molecular flexibility index (Phi) is 6.64. The summed E-state index contributed by atoms with van der Waals surface area (Å²) in [5, 5.41) is 7.70. The predicted molar refractivity (Wildman–Crippen MR) is 84.3 cm³/mol. The molecule has 1 aromatic heterocycles.